The summed E-state index contributed by atoms with van der Waals surface area (Å²) in [4.78, 5) is 4.44. The van der Waals surface area contributed by atoms with Gasteiger partial charge in [0.1, 0.15) is 5.52 Å². The van der Waals surface area contributed by atoms with Crippen molar-refractivity contribution in [1.29, 1.82) is 0 Å². The fourth-order valence-corrected chi connectivity index (χ4v) is 2.78. The van der Waals surface area contributed by atoms with Crippen LogP contribution in [0.3, 0.4) is 0 Å². The molecule has 1 aliphatic heterocycles. The van der Waals surface area contributed by atoms with E-state index in [4.69, 9.17) is 4.42 Å². The van der Waals surface area contributed by atoms with Crippen LogP contribution in [0.1, 0.15) is 6.42 Å². The van der Waals surface area contributed by atoms with Gasteiger partial charge in [-0.15, -0.1) is 12.4 Å². The van der Waals surface area contributed by atoms with Crippen LogP contribution in [-0.2, 0) is 0 Å². The Morgan fingerprint density at radius 3 is 3.00 bits per heavy atom. The molecule has 2 aromatic rings. The summed E-state index contributed by atoms with van der Waals surface area (Å²) in [6, 6.07) is 7.89. The molecule has 1 aromatic carbocycles. The monoisotopic (exact) mass is 256 g/mol. The molecule has 0 radical (unpaired) electrons. The molecule has 1 atom stereocenters. The fraction of sp³-hybridized carbons (Fsp3) is 0.364. The van der Waals surface area contributed by atoms with Gasteiger partial charge in [0.25, 0.3) is 5.22 Å². The van der Waals surface area contributed by atoms with E-state index in [1.165, 1.54) is 6.42 Å². The van der Waals surface area contributed by atoms with Crippen LogP contribution in [0, 0.1) is 0 Å². The summed E-state index contributed by atoms with van der Waals surface area (Å²) < 4.78 is 5.65. The van der Waals surface area contributed by atoms with E-state index in [9.17, 15) is 0 Å². The topological polar surface area (TPSA) is 38.1 Å². The molecule has 86 valence electrons. The molecule has 0 saturated carbocycles. The Bertz CT molecular complexity index is 435. The summed E-state index contributed by atoms with van der Waals surface area (Å²) in [7, 11) is 0. The van der Waals surface area contributed by atoms with Gasteiger partial charge in [0.05, 0.1) is 0 Å². The summed E-state index contributed by atoms with van der Waals surface area (Å²) >= 11 is 1.74. The fourth-order valence-electron chi connectivity index (χ4n) is 1.77. The lowest BCUT2D eigenvalue weighted by molar-refractivity contribution is 0.488. The summed E-state index contributed by atoms with van der Waals surface area (Å²) in [5, 5.41) is 4.74. The molecule has 0 spiro atoms. The zero-order valence-corrected chi connectivity index (χ0v) is 10.3. The summed E-state index contributed by atoms with van der Waals surface area (Å²) in [6.45, 7) is 2.17. The van der Waals surface area contributed by atoms with Crippen LogP contribution >= 0.6 is 24.2 Å². The molecule has 1 unspecified atom stereocenters. The van der Waals surface area contributed by atoms with Gasteiger partial charge in [-0.1, -0.05) is 23.9 Å². The molecule has 2 heterocycles. The molecular weight excluding hydrogens is 244 g/mol. The van der Waals surface area contributed by atoms with Gasteiger partial charge in [-0.25, -0.2) is 4.98 Å². The third-order valence-electron chi connectivity index (χ3n) is 2.56. The number of nitrogens with zero attached hydrogens (tertiary/aromatic N) is 1. The molecule has 3 nitrogen and oxygen atoms in total. The molecule has 3 rings (SSSR count). The summed E-state index contributed by atoms with van der Waals surface area (Å²) in [6.07, 6.45) is 1.20. The van der Waals surface area contributed by atoms with E-state index in [-0.39, 0.29) is 12.4 Å². The largest absolute Gasteiger partial charge is 0.431 e. The number of fused-ring (bicyclic) bond motifs is 1. The second kappa shape index (κ2) is 5.08. The molecule has 1 N–H and O–H groups in total. The van der Waals surface area contributed by atoms with E-state index in [0.29, 0.717) is 5.25 Å². The van der Waals surface area contributed by atoms with Crippen molar-refractivity contribution in [2.24, 2.45) is 0 Å². The number of rotatable bonds is 2. The molecule has 16 heavy (non-hydrogen) atoms. The van der Waals surface area contributed by atoms with E-state index in [1.807, 2.05) is 24.3 Å². The SMILES string of the molecule is Cl.c1ccc2oc(SC3CCNC3)nc2c1. The van der Waals surface area contributed by atoms with E-state index in [2.05, 4.69) is 10.3 Å². The van der Waals surface area contributed by atoms with Gasteiger partial charge in [0, 0.05) is 11.8 Å². The minimum atomic E-state index is 0. The zero-order valence-electron chi connectivity index (χ0n) is 8.68. The molecule has 5 heteroatoms. The number of thioether (sulfide) groups is 1. The third-order valence-corrected chi connectivity index (χ3v) is 3.67. The van der Waals surface area contributed by atoms with Crippen molar-refractivity contribution in [3.8, 4) is 0 Å². The van der Waals surface area contributed by atoms with Crippen molar-refractivity contribution in [3.05, 3.63) is 24.3 Å². The van der Waals surface area contributed by atoms with Crippen LogP contribution in [0.4, 0.5) is 0 Å². The summed E-state index contributed by atoms with van der Waals surface area (Å²) in [5.41, 5.74) is 1.83. The van der Waals surface area contributed by atoms with Gasteiger partial charge >= 0.3 is 0 Å². The van der Waals surface area contributed by atoms with Crippen LogP contribution < -0.4 is 5.32 Å². The van der Waals surface area contributed by atoms with Crippen molar-refractivity contribution < 1.29 is 4.42 Å². The average Bonchev–Trinajstić information content (AvgIpc) is 2.86. The van der Waals surface area contributed by atoms with Gasteiger partial charge in [-0.2, -0.15) is 0 Å². The number of para-hydroxylation sites is 2. The second-order valence-electron chi connectivity index (χ2n) is 3.68. The maximum Gasteiger partial charge on any atom is 0.257 e. The third kappa shape index (κ3) is 2.34. The first-order chi connectivity index (χ1) is 7.42. The lowest BCUT2D eigenvalue weighted by Crippen LogP contribution is -2.09. The number of oxazole rings is 1. The number of halogens is 1. The predicted molar refractivity (Wildman–Crippen MR) is 68.4 cm³/mol. The first-order valence-corrected chi connectivity index (χ1v) is 6.03. The zero-order chi connectivity index (χ0) is 10.1. The molecule has 0 bridgehead atoms. The number of benzene rings is 1. The summed E-state index contributed by atoms with van der Waals surface area (Å²) in [5.74, 6) is 0. The maximum absolute atomic E-state index is 5.65. The Balaban J connectivity index is 0.000000963. The average molecular weight is 257 g/mol. The van der Waals surface area contributed by atoms with Crippen molar-refractivity contribution in [2.45, 2.75) is 16.9 Å². The smallest absolute Gasteiger partial charge is 0.257 e. The Hall–Kier alpha value is -0.710. The normalized spacial score (nSPS) is 19.9. The van der Waals surface area contributed by atoms with E-state index < -0.39 is 0 Å². The van der Waals surface area contributed by atoms with Gasteiger partial charge in [0.15, 0.2) is 5.58 Å². The van der Waals surface area contributed by atoms with Crippen LogP contribution in [-0.4, -0.2) is 23.3 Å². The van der Waals surface area contributed by atoms with Gasteiger partial charge in [0.2, 0.25) is 0 Å². The minimum absolute atomic E-state index is 0. The van der Waals surface area contributed by atoms with Crippen LogP contribution in [0.15, 0.2) is 33.9 Å². The molecule has 1 aliphatic rings. The number of hydrogen-bond acceptors (Lipinski definition) is 4. The van der Waals surface area contributed by atoms with Crippen molar-refractivity contribution >= 4 is 35.3 Å². The molecule has 1 aromatic heterocycles. The molecule has 0 amide bonds. The molecule has 1 fully saturated rings. The van der Waals surface area contributed by atoms with Crippen molar-refractivity contribution in [2.75, 3.05) is 13.1 Å². The first kappa shape index (κ1) is 11.8. The Morgan fingerprint density at radius 1 is 1.38 bits per heavy atom. The molecule has 0 aliphatic carbocycles. The highest BCUT2D eigenvalue weighted by Crippen LogP contribution is 2.28. The molecular formula is C11H13ClN2OS. The first-order valence-electron chi connectivity index (χ1n) is 5.15. The number of hydrogen-bond donors (Lipinski definition) is 1. The quantitative estimate of drug-likeness (QED) is 0.897. The van der Waals surface area contributed by atoms with E-state index in [0.717, 1.165) is 29.4 Å². The van der Waals surface area contributed by atoms with Crippen LogP contribution in [0.5, 0.6) is 0 Å². The highest BCUT2D eigenvalue weighted by atomic mass is 35.5. The van der Waals surface area contributed by atoms with Crippen LogP contribution in [0.2, 0.25) is 0 Å². The van der Waals surface area contributed by atoms with E-state index in [1.54, 1.807) is 11.8 Å². The van der Waals surface area contributed by atoms with Gasteiger partial charge in [-0.3, -0.25) is 0 Å². The van der Waals surface area contributed by atoms with Gasteiger partial charge in [-0.05, 0) is 25.1 Å². The predicted octanol–water partition coefficient (Wildman–Crippen LogP) is 2.70. The maximum atomic E-state index is 5.65. The Morgan fingerprint density at radius 2 is 2.25 bits per heavy atom. The minimum Gasteiger partial charge on any atom is -0.431 e. The number of nitrogens with one attached hydrogen (secondary N) is 1. The second-order valence-corrected chi connectivity index (χ2v) is 4.93. The van der Waals surface area contributed by atoms with Crippen molar-refractivity contribution in [3.63, 3.8) is 0 Å². The standard InChI is InChI=1S/C11H12N2OS.ClH/c1-2-4-10-9(3-1)13-11(14-10)15-8-5-6-12-7-8;/h1-4,8,12H,5-7H2;1H. The van der Waals surface area contributed by atoms with Crippen LogP contribution in [0.25, 0.3) is 11.1 Å². The number of aromatic nitrogens is 1. The lowest BCUT2D eigenvalue weighted by Gasteiger charge is -2.01. The molecule has 1 saturated heterocycles. The Labute approximate surface area is 104 Å². The van der Waals surface area contributed by atoms with Gasteiger partial charge < -0.3 is 9.73 Å². The Kier molecular flexibility index (Phi) is 3.74. The van der Waals surface area contributed by atoms with E-state index >= 15 is 0 Å². The van der Waals surface area contributed by atoms with Crippen molar-refractivity contribution in [1.82, 2.24) is 10.3 Å². The highest BCUT2D eigenvalue weighted by Gasteiger charge is 2.18. The highest BCUT2D eigenvalue weighted by molar-refractivity contribution is 7.99. The lowest BCUT2D eigenvalue weighted by atomic mass is 10.3.